The first-order valence-electron chi connectivity index (χ1n) is 5.46. The lowest BCUT2D eigenvalue weighted by molar-refractivity contribution is 0.384. The number of nitrogens with zero attached hydrogens (tertiary/aromatic N) is 2. The highest BCUT2D eigenvalue weighted by atomic mass is 32.2. The molecule has 2 heterocycles. The zero-order valence-electron chi connectivity index (χ0n) is 9.59. The molecule has 0 spiro atoms. The average Bonchev–Trinajstić information content (AvgIpc) is 2.97. The summed E-state index contributed by atoms with van der Waals surface area (Å²) in [5.41, 5.74) is 0. The van der Waals surface area contributed by atoms with E-state index in [2.05, 4.69) is 16.2 Å². The predicted octanol–water partition coefficient (Wildman–Crippen LogP) is 2.18. The van der Waals surface area contributed by atoms with Crippen molar-refractivity contribution in [3.63, 3.8) is 0 Å². The predicted molar refractivity (Wildman–Crippen MR) is 68.4 cm³/mol. The number of rotatable bonds is 6. The zero-order chi connectivity index (χ0) is 12.1. The number of thiophene rings is 1. The van der Waals surface area contributed by atoms with Gasteiger partial charge in [-0.25, -0.2) is 0 Å². The van der Waals surface area contributed by atoms with Crippen LogP contribution in [0.25, 0.3) is 0 Å². The van der Waals surface area contributed by atoms with Crippen molar-refractivity contribution < 1.29 is 8.73 Å². The van der Waals surface area contributed by atoms with E-state index in [1.54, 1.807) is 11.3 Å². The Morgan fingerprint density at radius 3 is 3.06 bits per heavy atom. The smallest absolute Gasteiger partial charge is 0.239 e. The number of hydrogen-bond acceptors (Lipinski definition) is 5. The van der Waals surface area contributed by atoms with Crippen LogP contribution in [-0.2, 0) is 29.4 Å². The lowest BCUT2D eigenvalue weighted by Gasteiger charge is -1.97. The summed E-state index contributed by atoms with van der Waals surface area (Å²) in [6, 6.07) is 4.07. The summed E-state index contributed by atoms with van der Waals surface area (Å²) in [4.78, 5) is 5.41. The van der Waals surface area contributed by atoms with E-state index in [1.165, 1.54) is 4.88 Å². The fourth-order valence-electron chi connectivity index (χ4n) is 1.37. The Balaban J connectivity index is 1.81. The van der Waals surface area contributed by atoms with E-state index in [4.69, 9.17) is 4.52 Å². The van der Waals surface area contributed by atoms with Gasteiger partial charge in [0.25, 0.3) is 0 Å². The van der Waals surface area contributed by atoms with Gasteiger partial charge in [0, 0.05) is 27.9 Å². The molecule has 0 saturated heterocycles. The van der Waals surface area contributed by atoms with Crippen LogP contribution in [0.5, 0.6) is 0 Å². The van der Waals surface area contributed by atoms with Gasteiger partial charge in [-0.2, -0.15) is 4.98 Å². The highest BCUT2D eigenvalue weighted by molar-refractivity contribution is 7.84. The van der Waals surface area contributed by atoms with Crippen LogP contribution in [0.1, 0.15) is 23.5 Å². The van der Waals surface area contributed by atoms with Gasteiger partial charge in [0.05, 0.1) is 0 Å². The van der Waals surface area contributed by atoms with Crippen molar-refractivity contribution in [1.29, 1.82) is 0 Å². The summed E-state index contributed by atoms with van der Waals surface area (Å²) >= 11 is 1.69. The van der Waals surface area contributed by atoms with Crippen LogP contribution in [0, 0.1) is 0 Å². The minimum Gasteiger partial charge on any atom is -0.338 e. The highest BCUT2D eigenvalue weighted by Crippen LogP contribution is 2.10. The Hall–Kier alpha value is -1.01. The maximum absolute atomic E-state index is 11.8. The largest absolute Gasteiger partial charge is 0.338 e. The molecule has 6 heteroatoms. The standard InChI is InChI=1S/C11H14N2O2S2/c1-2-10-12-11(15-13-10)8-17(14)7-5-9-4-3-6-16-9/h3-4,6H,2,5,7-8H2,1H3. The molecular weight excluding hydrogens is 256 g/mol. The number of hydrogen-bond donors (Lipinski definition) is 0. The molecule has 2 aromatic heterocycles. The van der Waals surface area contributed by atoms with Crippen LogP contribution in [0.15, 0.2) is 22.0 Å². The molecule has 2 rings (SSSR count). The third-order valence-corrected chi connectivity index (χ3v) is 4.43. The van der Waals surface area contributed by atoms with Gasteiger partial charge in [0.2, 0.25) is 5.89 Å². The van der Waals surface area contributed by atoms with Crippen LogP contribution >= 0.6 is 11.3 Å². The van der Waals surface area contributed by atoms with Crippen LogP contribution in [-0.4, -0.2) is 20.1 Å². The Kier molecular flexibility index (Phi) is 4.44. The van der Waals surface area contributed by atoms with Crippen molar-refractivity contribution in [2.24, 2.45) is 0 Å². The second kappa shape index (κ2) is 6.07. The quantitative estimate of drug-likeness (QED) is 0.807. The topological polar surface area (TPSA) is 56.0 Å². The Labute approximate surface area is 107 Å². The van der Waals surface area contributed by atoms with E-state index in [-0.39, 0.29) is 0 Å². The monoisotopic (exact) mass is 270 g/mol. The van der Waals surface area contributed by atoms with Crippen molar-refractivity contribution in [2.45, 2.75) is 25.5 Å². The minimum absolute atomic E-state index is 0.359. The molecule has 0 saturated carbocycles. The second-order valence-corrected chi connectivity index (χ2v) is 6.18. The first-order chi connectivity index (χ1) is 8.28. The third-order valence-electron chi connectivity index (χ3n) is 2.27. The minimum atomic E-state index is -0.934. The first-order valence-corrected chi connectivity index (χ1v) is 7.83. The van der Waals surface area contributed by atoms with Crippen molar-refractivity contribution >= 4 is 22.1 Å². The second-order valence-electron chi connectivity index (χ2n) is 3.58. The van der Waals surface area contributed by atoms with Gasteiger partial charge < -0.3 is 4.52 Å². The summed E-state index contributed by atoms with van der Waals surface area (Å²) < 4.78 is 16.8. The average molecular weight is 270 g/mol. The maximum atomic E-state index is 11.8. The van der Waals surface area contributed by atoms with Crippen LogP contribution in [0.4, 0.5) is 0 Å². The summed E-state index contributed by atoms with van der Waals surface area (Å²) in [6.45, 7) is 1.96. The molecular formula is C11H14N2O2S2. The summed E-state index contributed by atoms with van der Waals surface area (Å²) in [7, 11) is -0.934. The lowest BCUT2D eigenvalue weighted by atomic mass is 10.4. The van der Waals surface area contributed by atoms with E-state index >= 15 is 0 Å². The number of aryl methyl sites for hydroxylation is 2. The molecule has 0 amide bonds. The maximum Gasteiger partial charge on any atom is 0.239 e. The molecule has 0 aliphatic heterocycles. The molecule has 0 bridgehead atoms. The van der Waals surface area contributed by atoms with Gasteiger partial charge in [-0.3, -0.25) is 4.21 Å². The molecule has 2 aromatic rings. The van der Waals surface area contributed by atoms with E-state index < -0.39 is 10.8 Å². The van der Waals surface area contributed by atoms with Crippen LogP contribution < -0.4 is 0 Å². The van der Waals surface area contributed by atoms with Crippen molar-refractivity contribution in [3.05, 3.63) is 34.1 Å². The fourth-order valence-corrected chi connectivity index (χ4v) is 3.19. The summed E-state index contributed by atoms with van der Waals surface area (Å²) in [5.74, 6) is 2.16. The van der Waals surface area contributed by atoms with E-state index in [9.17, 15) is 4.21 Å². The van der Waals surface area contributed by atoms with Crippen molar-refractivity contribution in [3.8, 4) is 0 Å². The molecule has 1 unspecified atom stereocenters. The zero-order valence-corrected chi connectivity index (χ0v) is 11.2. The summed E-state index contributed by atoms with van der Waals surface area (Å²) in [6.07, 6.45) is 1.59. The van der Waals surface area contributed by atoms with E-state index in [0.717, 1.165) is 12.8 Å². The molecule has 0 N–H and O–H groups in total. The Morgan fingerprint density at radius 2 is 2.41 bits per heavy atom. The van der Waals surface area contributed by atoms with Crippen LogP contribution in [0.3, 0.4) is 0 Å². The third kappa shape index (κ3) is 3.74. The Bertz CT molecular complexity index is 479. The van der Waals surface area contributed by atoms with E-state index in [1.807, 2.05) is 18.4 Å². The van der Waals surface area contributed by atoms with Crippen LogP contribution in [0.2, 0.25) is 0 Å². The lowest BCUT2D eigenvalue weighted by Crippen LogP contribution is -2.03. The van der Waals surface area contributed by atoms with Gasteiger partial charge in [0.1, 0.15) is 5.75 Å². The van der Waals surface area contributed by atoms with Crippen molar-refractivity contribution in [2.75, 3.05) is 5.75 Å². The molecule has 0 fully saturated rings. The fraction of sp³-hybridized carbons (Fsp3) is 0.455. The highest BCUT2D eigenvalue weighted by Gasteiger charge is 2.09. The molecule has 17 heavy (non-hydrogen) atoms. The van der Waals surface area contributed by atoms with Crippen molar-refractivity contribution in [1.82, 2.24) is 10.1 Å². The molecule has 92 valence electrons. The van der Waals surface area contributed by atoms with Gasteiger partial charge in [0.15, 0.2) is 5.82 Å². The molecule has 0 aromatic carbocycles. The SMILES string of the molecule is CCc1noc(CS(=O)CCc2cccs2)n1. The first kappa shape index (κ1) is 12.4. The molecule has 0 aliphatic rings. The molecule has 0 aliphatic carbocycles. The van der Waals surface area contributed by atoms with Gasteiger partial charge in [-0.15, -0.1) is 11.3 Å². The van der Waals surface area contributed by atoms with Gasteiger partial charge in [-0.1, -0.05) is 18.1 Å². The normalized spacial score (nSPS) is 12.8. The molecule has 1 atom stereocenters. The number of aromatic nitrogens is 2. The van der Waals surface area contributed by atoms with Gasteiger partial charge in [-0.05, 0) is 17.9 Å². The molecule has 0 radical (unpaired) electrons. The molecule has 4 nitrogen and oxygen atoms in total. The van der Waals surface area contributed by atoms with E-state index in [0.29, 0.717) is 23.2 Å². The Morgan fingerprint density at radius 1 is 1.53 bits per heavy atom. The summed E-state index contributed by atoms with van der Waals surface area (Å²) in [5, 5.41) is 5.81. The van der Waals surface area contributed by atoms with Gasteiger partial charge >= 0.3 is 0 Å².